The van der Waals surface area contributed by atoms with Gasteiger partial charge in [-0.25, -0.2) is 4.98 Å². The Bertz CT molecular complexity index is 1020. The van der Waals surface area contributed by atoms with Crippen LogP contribution in [0.15, 0.2) is 36.5 Å². The molecule has 0 saturated carbocycles. The molecule has 0 amide bonds. The molecule has 0 aliphatic carbocycles. The number of piperazine rings is 1. The maximum Gasteiger partial charge on any atom is 0.368 e. The highest BCUT2D eigenvalue weighted by Crippen LogP contribution is 2.25. The number of imidazole rings is 1. The number of nitrogens with zero attached hydrogens (tertiary/aromatic N) is 6. The predicted molar refractivity (Wildman–Crippen MR) is 105 cm³/mol. The number of hydrogen-bond donors (Lipinski definition) is 0. The summed E-state index contributed by atoms with van der Waals surface area (Å²) in [5.41, 5.74) is 1.51. The Morgan fingerprint density at radius 3 is 2.71 bits per heavy atom. The molecule has 1 saturated heterocycles. The van der Waals surface area contributed by atoms with Crippen LogP contribution >= 0.6 is 11.6 Å². The highest BCUT2D eigenvalue weighted by molar-refractivity contribution is 6.30. The van der Waals surface area contributed by atoms with Crippen LogP contribution in [0.25, 0.3) is 5.65 Å². The first-order valence-corrected chi connectivity index (χ1v) is 9.22. The van der Waals surface area contributed by atoms with Crippen LogP contribution in [0.1, 0.15) is 5.56 Å². The van der Waals surface area contributed by atoms with Crippen molar-refractivity contribution in [2.24, 2.45) is 0 Å². The second-order valence-electron chi connectivity index (χ2n) is 6.55. The lowest BCUT2D eigenvalue weighted by atomic mass is 10.1. The number of rotatable bonds is 5. The molecule has 3 heterocycles. The van der Waals surface area contributed by atoms with Gasteiger partial charge in [-0.3, -0.25) is 4.90 Å². The average molecular weight is 403 g/mol. The Morgan fingerprint density at radius 1 is 1.21 bits per heavy atom. The summed E-state index contributed by atoms with van der Waals surface area (Å²) in [5.74, 6) is 1.39. The van der Waals surface area contributed by atoms with Gasteiger partial charge in [0, 0.05) is 49.4 Å². The zero-order valence-electron chi connectivity index (χ0n) is 15.3. The van der Waals surface area contributed by atoms with Gasteiger partial charge in [-0.1, -0.05) is 21.2 Å². The van der Waals surface area contributed by atoms with Crippen molar-refractivity contribution in [2.75, 3.05) is 38.2 Å². The number of hydrogen-bond acceptors (Lipinski definition) is 7. The number of halogens is 1. The van der Waals surface area contributed by atoms with Gasteiger partial charge in [0.2, 0.25) is 5.65 Å². The molecule has 28 heavy (non-hydrogen) atoms. The topological polar surface area (TPSA) is 89.0 Å². The van der Waals surface area contributed by atoms with Crippen LogP contribution in [0.5, 0.6) is 5.75 Å². The molecule has 9 nitrogen and oxygen atoms in total. The molecule has 146 valence electrons. The quantitative estimate of drug-likeness (QED) is 0.478. The number of anilines is 1. The van der Waals surface area contributed by atoms with Gasteiger partial charge in [0.1, 0.15) is 11.9 Å². The van der Waals surface area contributed by atoms with Gasteiger partial charge in [0.25, 0.3) is 0 Å². The van der Waals surface area contributed by atoms with E-state index in [1.165, 1.54) is 10.7 Å². The zero-order valence-corrected chi connectivity index (χ0v) is 16.0. The van der Waals surface area contributed by atoms with E-state index in [2.05, 4.69) is 19.9 Å². The van der Waals surface area contributed by atoms with Crippen molar-refractivity contribution in [1.29, 1.82) is 0 Å². The van der Waals surface area contributed by atoms with Crippen molar-refractivity contribution < 1.29 is 9.66 Å². The molecule has 1 aromatic carbocycles. The van der Waals surface area contributed by atoms with Crippen LogP contribution in [0, 0.1) is 10.1 Å². The lowest BCUT2D eigenvalue weighted by Crippen LogP contribution is -2.46. The Labute approximate surface area is 166 Å². The summed E-state index contributed by atoms with van der Waals surface area (Å²) >= 11 is 6.12. The molecule has 0 bridgehead atoms. The van der Waals surface area contributed by atoms with E-state index in [-0.39, 0.29) is 5.82 Å². The number of fused-ring (bicyclic) bond motifs is 1. The van der Waals surface area contributed by atoms with Gasteiger partial charge in [0.05, 0.1) is 7.11 Å². The maximum atomic E-state index is 11.1. The van der Waals surface area contributed by atoms with E-state index in [0.717, 1.165) is 44.0 Å². The van der Waals surface area contributed by atoms with Crippen LogP contribution < -0.4 is 9.64 Å². The van der Waals surface area contributed by atoms with Crippen LogP contribution in [0.4, 0.5) is 11.6 Å². The lowest BCUT2D eigenvalue weighted by Gasteiger charge is -2.35. The Hall–Kier alpha value is -2.91. The monoisotopic (exact) mass is 402 g/mol. The third-order valence-corrected chi connectivity index (χ3v) is 5.09. The molecule has 0 radical (unpaired) electrons. The third kappa shape index (κ3) is 3.58. The Kier molecular flexibility index (Phi) is 5.01. The molecule has 1 aliphatic rings. The Balaban J connectivity index is 1.46. The smallest absolute Gasteiger partial charge is 0.368 e. The molecule has 3 aromatic rings. The van der Waals surface area contributed by atoms with Crippen molar-refractivity contribution >= 4 is 28.9 Å². The van der Waals surface area contributed by atoms with Gasteiger partial charge in [0.15, 0.2) is 5.82 Å². The summed E-state index contributed by atoms with van der Waals surface area (Å²) in [4.78, 5) is 19.1. The predicted octanol–water partition coefficient (Wildman–Crippen LogP) is 2.62. The minimum atomic E-state index is -0.479. The minimum Gasteiger partial charge on any atom is -0.496 e. The number of aromatic nitrogens is 3. The van der Waals surface area contributed by atoms with Gasteiger partial charge >= 0.3 is 5.82 Å². The molecule has 2 aromatic heterocycles. The molecule has 0 unspecified atom stereocenters. The van der Waals surface area contributed by atoms with E-state index in [1.807, 2.05) is 24.3 Å². The summed E-state index contributed by atoms with van der Waals surface area (Å²) in [5, 5.41) is 16.2. The fraction of sp³-hybridized carbons (Fsp3) is 0.333. The second kappa shape index (κ2) is 7.61. The van der Waals surface area contributed by atoms with Crippen molar-refractivity contribution in [2.45, 2.75) is 6.54 Å². The van der Waals surface area contributed by atoms with Crippen LogP contribution in [-0.2, 0) is 6.54 Å². The van der Waals surface area contributed by atoms with E-state index in [0.29, 0.717) is 16.5 Å². The van der Waals surface area contributed by atoms with Gasteiger partial charge < -0.3 is 19.8 Å². The summed E-state index contributed by atoms with van der Waals surface area (Å²) in [6.07, 6.45) is 1.22. The van der Waals surface area contributed by atoms with E-state index in [4.69, 9.17) is 16.3 Å². The fourth-order valence-electron chi connectivity index (χ4n) is 3.39. The number of benzene rings is 1. The normalized spacial score (nSPS) is 15.1. The summed E-state index contributed by atoms with van der Waals surface area (Å²) in [7, 11) is 1.65. The fourth-order valence-corrected chi connectivity index (χ4v) is 3.59. The Morgan fingerprint density at radius 2 is 2.00 bits per heavy atom. The first kappa shape index (κ1) is 18.5. The molecule has 1 aliphatic heterocycles. The van der Waals surface area contributed by atoms with Crippen molar-refractivity contribution in [3.05, 3.63) is 57.2 Å². The van der Waals surface area contributed by atoms with Crippen molar-refractivity contribution in [3.8, 4) is 5.75 Å². The highest BCUT2D eigenvalue weighted by Gasteiger charge is 2.22. The molecule has 1 fully saturated rings. The van der Waals surface area contributed by atoms with Crippen LogP contribution in [-0.4, -0.2) is 57.7 Å². The maximum absolute atomic E-state index is 11.1. The second-order valence-corrected chi connectivity index (χ2v) is 6.99. The molecular weight excluding hydrogens is 384 g/mol. The molecule has 0 spiro atoms. The lowest BCUT2D eigenvalue weighted by molar-refractivity contribution is -0.391. The van der Waals surface area contributed by atoms with Gasteiger partial charge in [-0.15, -0.1) is 0 Å². The number of methoxy groups -OCH3 is 1. The van der Waals surface area contributed by atoms with Crippen LogP contribution in [0.2, 0.25) is 5.02 Å². The zero-order chi connectivity index (χ0) is 19.7. The standard InChI is InChI=1S/C18H19ClN6O3/c1-28-15-3-2-14(19)10-13(15)12-22-6-8-23(9-7-22)17-5-4-16-20-11-18(25(26)27)24(16)21-17/h2-5,10-11H,6-9,12H2,1H3. The minimum absolute atomic E-state index is 0.136. The highest BCUT2D eigenvalue weighted by atomic mass is 35.5. The van der Waals surface area contributed by atoms with E-state index < -0.39 is 4.92 Å². The first-order chi connectivity index (χ1) is 13.5. The van der Waals surface area contributed by atoms with E-state index in [1.54, 1.807) is 13.2 Å². The van der Waals surface area contributed by atoms with Crippen LogP contribution in [0.3, 0.4) is 0 Å². The molecule has 4 rings (SSSR count). The first-order valence-electron chi connectivity index (χ1n) is 8.84. The van der Waals surface area contributed by atoms with Gasteiger partial charge in [-0.05, 0) is 29.2 Å². The van der Waals surface area contributed by atoms with E-state index >= 15 is 0 Å². The van der Waals surface area contributed by atoms with Crippen molar-refractivity contribution in [3.63, 3.8) is 0 Å². The summed E-state index contributed by atoms with van der Waals surface area (Å²) in [6, 6.07) is 9.23. The SMILES string of the molecule is COc1ccc(Cl)cc1CN1CCN(c2ccc3ncc([N+](=O)[O-])n3n2)CC1. The molecular formula is C18H19ClN6O3. The van der Waals surface area contributed by atoms with Gasteiger partial charge in [-0.2, -0.15) is 0 Å². The third-order valence-electron chi connectivity index (χ3n) is 4.85. The average Bonchev–Trinajstić information content (AvgIpc) is 3.12. The van der Waals surface area contributed by atoms with Crippen molar-refractivity contribution in [1.82, 2.24) is 19.5 Å². The summed E-state index contributed by atoms with van der Waals surface area (Å²) in [6.45, 7) is 3.95. The summed E-state index contributed by atoms with van der Waals surface area (Å²) < 4.78 is 6.70. The molecule has 10 heteroatoms. The van der Waals surface area contributed by atoms with E-state index in [9.17, 15) is 10.1 Å². The molecule has 0 N–H and O–H groups in total. The number of nitro groups is 1. The molecule has 0 atom stereocenters. The number of ether oxygens (including phenoxy) is 1. The largest absolute Gasteiger partial charge is 0.496 e.